The number of aliphatic carboxylic acids is 1. The highest BCUT2D eigenvalue weighted by atomic mass is 32.1. The van der Waals surface area contributed by atoms with E-state index in [1.165, 1.54) is 0 Å². The number of hydrogen-bond acceptors (Lipinski definition) is 4. The number of imide groups is 1. The number of thiol groups is 1. The predicted octanol–water partition coefficient (Wildman–Crippen LogP) is 0.876. The van der Waals surface area contributed by atoms with Crippen molar-refractivity contribution in [1.29, 1.82) is 0 Å². The van der Waals surface area contributed by atoms with Gasteiger partial charge in [-0.2, -0.15) is 12.6 Å². The average molecular weight is 308 g/mol. The molecule has 0 spiro atoms. The molecule has 2 rings (SSSR count). The molecule has 3 amide bonds. The van der Waals surface area contributed by atoms with Crippen molar-refractivity contribution >= 4 is 30.5 Å². The SMILES string of the molecule is O=C(O)CN1CC(=O)N(C(CS)Cc2ccccc2)C1=O. The summed E-state index contributed by atoms with van der Waals surface area (Å²) in [6, 6.07) is 8.55. The molecule has 0 aromatic heterocycles. The first kappa shape index (κ1) is 15.4. The minimum Gasteiger partial charge on any atom is -0.480 e. The molecule has 1 saturated heterocycles. The van der Waals surface area contributed by atoms with Gasteiger partial charge in [0.1, 0.15) is 13.1 Å². The molecule has 1 heterocycles. The fourth-order valence-corrected chi connectivity index (χ4v) is 2.63. The molecule has 1 aliphatic heterocycles. The van der Waals surface area contributed by atoms with Gasteiger partial charge >= 0.3 is 12.0 Å². The topological polar surface area (TPSA) is 77.9 Å². The molecular formula is C14H16N2O4S. The second-order valence-electron chi connectivity index (χ2n) is 4.82. The fourth-order valence-electron chi connectivity index (χ4n) is 2.34. The summed E-state index contributed by atoms with van der Waals surface area (Å²) < 4.78 is 0. The van der Waals surface area contributed by atoms with Crippen LogP contribution >= 0.6 is 12.6 Å². The maximum atomic E-state index is 12.2. The van der Waals surface area contributed by atoms with E-state index in [0.717, 1.165) is 15.4 Å². The second-order valence-corrected chi connectivity index (χ2v) is 5.19. The molecule has 1 aromatic carbocycles. The lowest BCUT2D eigenvalue weighted by Gasteiger charge is -2.24. The molecule has 1 unspecified atom stereocenters. The number of amides is 3. The molecule has 1 aliphatic rings. The number of urea groups is 1. The first-order chi connectivity index (χ1) is 10.0. The standard InChI is InChI=1S/C14H16N2O4S/c17-12-7-15(8-13(18)19)14(20)16(12)11(9-21)6-10-4-2-1-3-5-10/h1-5,11,21H,6-9H2,(H,18,19). The van der Waals surface area contributed by atoms with Gasteiger partial charge in [0.05, 0.1) is 6.04 Å². The zero-order valence-electron chi connectivity index (χ0n) is 11.3. The van der Waals surface area contributed by atoms with Crippen LogP contribution in [-0.4, -0.2) is 57.7 Å². The summed E-state index contributed by atoms with van der Waals surface area (Å²) in [6.07, 6.45) is 0.503. The van der Waals surface area contributed by atoms with Crippen molar-refractivity contribution in [2.75, 3.05) is 18.8 Å². The van der Waals surface area contributed by atoms with Crippen LogP contribution in [-0.2, 0) is 16.0 Å². The Morgan fingerprint density at radius 3 is 2.52 bits per heavy atom. The fraction of sp³-hybridized carbons (Fsp3) is 0.357. The number of carboxylic acid groups (broad SMARTS) is 1. The van der Waals surface area contributed by atoms with Gasteiger partial charge in [-0.3, -0.25) is 14.5 Å². The Bertz CT molecular complexity index is 549. The molecule has 1 fully saturated rings. The zero-order chi connectivity index (χ0) is 15.4. The third-order valence-corrected chi connectivity index (χ3v) is 3.71. The van der Waals surface area contributed by atoms with E-state index in [-0.39, 0.29) is 18.5 Å². The van der Waals surface area contributed by atoms with Crippen molar-refractivity contribution in [3.05, 3.63) is 35.9 Å². The summed E-state index contributed by atoms with van der Waals surface area (Å²) in [4.78, 5) is 37.0. The minimum absolute atomic E-state index is 0.190. The quantitative estimate of drug-likeness (QED) is 0.604. The van der Waals surface area contributed by atoms with Gasteiger partial charge in [0.2, 0.25) is 0 Å². The van der Waals surface area contributed by atoms with Gasteiger partial charge in [0, 0.05) is 5.75 Å². The van der Waals surface area contributed by atoms with Crippen LogP contribution in [0, 0.1) is 0 Å². The van der Waals surface area contributed by atoms with Crippen molar-refractivity contribution in [1.82, 2.24) is 9.80 Å². The molecule has 0 saturated carbocycles. The van der Waals surface area contributed by atoms with Gasteiger partial charge in [0.25, 0.3) is 5.91 Å². The summed E-state index contributed by atoms with van der Waals surface area (Å²) in [5, 5.41) is 8.76. The summed E-state index contributed by atoms with van der Waals surface area (Å²) >= 11 is 4.22. The van der Waals surface area contributed by atoms with Gasteiger partial charge in [-0.05, 0) is 12.0 Å². The number of rotatable bonds is 6. The zero-order valence-corrected chi connectivity index (χ0v) is 12.2. The number of nitrogens with zero attached hydrogens (tertiary/aromatic N) is 2. The Balaban J connectivity index is 2.12. The van der Waals surface area contributed by atoms with Crippen molar-refractivity contribution in [3.8, 4) is 0 Å². The van der Waals surface area contributed by atoms with E-state index >= 15 is 0 Å². The smallest absolute Gasteiger partial charge is 0.328 e. The van der Waals surface area contributed by atoms with Gasteiger partial charge in [-0.15, -0.1) is 0 Å². The van der Waals surface area contributed by atoms with E-state index < -0.39 is 18.5 Å². The van der Waals surface area contributed by atoms with Crippen LogP contribution in [0.1, 0.15) is 5.56 Å². The molecule has 112 valence electrons. The third kappa shape index (κ3) is 3.55. The lowest BCUT2D eigenvalue weighted by Crippen LogP contribution is -2.44. The first-order valence-corrected chi connectivity index (χ1v) is 7.13. The molecule has 1 N–H and O–H groups in total. The molecule has 0 radical (unpaired) electrons. The molecule has 0 aliphatic carbocycles. The Morgan fingerprint density at radius 1 is 1.29 bits per heavy atom. The Hall–Kier alpha value is -2.02. The van der Waals surface area contributed by atoms with E-state index in [1.807, 2.05) is 30.3 Å². The molecule has 1 aromatic rings. The molecule has 1 atom stereocenters. The summed E-state index contributed by atoms with van der Waals surface area (Å²) in [5.41, 5.74) is 0.994. The van der Waals surface area contributed by atoms with E-state index in [0.29, 0.717) is 12.2 Å². The summed E-state index contributed by atoms with van der Waals surface area (Å²) in [6.45, 7) is -0.657. The van der Waals surface area contributed by atoms with Crippen LogP contribution in [0.4, 0.5) is 4.79 Å². The van der Waals surface area contributed by atoms with Crippen molar-refractivity contribution in [2.24, 2.45) is 0 Å². The summed E-state index contributed by atoms with van der Waals surface area (Å²) in [5.74, 6) is -1.19. The van der Waals surface area contributed by atoms with Gasteiger partial charge < -0.3 is 10.0 Å². The van der Waals surface area contributed by atoms with E-state index in [2.05, 4.69) is 12.6 Å². The summed E-state index contributed by atoms with van der Waals surface area (Å²) in [7, 11) is 0. The van der Waals surface area contributed by atoms with Crippen LogP contribution in [0.2, 0.25) is 0 Å². The van der Waals surface area contributed by atoms with Crippen molar-refractivity contribution in [3.63, 3.8) is 0 Å². The lowest BCUT2D eigenvalue weighted by molar-refractivity contribution is -0.137. The molecule has 21 heavy (non-hydrogen) atoms. The van der Waals surface area contributed by atoms with E-state index in [9.17, 15) is 14.4 Å². The van der Waals surface area contributed by atoms with Crippen molar-refractivity contribution < 1.29 is 19.5 Å². The van der Waals surface area contributed by atoms with Crippen molar-refractivity contribution in [2.45, 2.75) is 12.5 Å². The highest BCUT2D eigenvalue weighted by Crippen LogP contribution is 2.18. The van der Waals surface area contributed by atoms with Crippen LogP contribution in [0.5, 0.6) is 0 Å². The van der Waals surface area contributed by atoms with E-state index in [1.54, 1.807) is 0 Å². The number of carbonyl (C=O) groups excluding carboxylic acids is 2. The average Bonchev–Trinajstić information content (AvgIpc) is 2.72. The number of carbonyl (C=O) groups is 3. The first-order valence-electron chi connectivity index (χ1n) is 6.50. The Kier molecular flexibility index (Phi) is 4.85. The van der Waals surface area contributed by atoms with Gasteiger partial charge in [0.15, 0.2) is 0 Å². The molecule has 0 bridgehead atoms. The maximum absolute atomic E-state index is 12.2. The van der Waals surface area contributed by atoms with Gasteiger partial charge in [-0.25, -0.2) is 4.79 Å². The molecule has 6 nitrogen and oxygen atoms in total. The maximum Gasteiger partial charge on any atom is 0.328 e. The third-order valence-electron chi connectivity index (χ3n) is 3.29. The van der Waals surface area contributed by atoms with Crippen LogP contribution in [0.25, 0.3) is 0 Å². The minimum atomic E-state index is -1.14. The van der Waals surface area contributed by atoms with Crippen LogP contribution in [0.15, 0.2) is 30.3 Å². The predicted molar refractivity (Wildman–Crippen MR) is 79.2 cm³/mol. The normalized spacial score (nSPS) is 16.4. The number of benzene rings is 1. The van der Waals surface area contributed by atoms with E-state index in [4.69, 9.17) is 5.11 Å². The highest BCUT2D eigenvalue weighted by molar-refractivity contribution is 7.80. The second kappa shape index (κ2) is 6.62. The van der Waals surface area contributed by atoms with Gasteiger partial charge in [-0.1, -0.05) is 30.3 Å². The van der Waals surface area contributed by atoms with Crippen LogP contribution < -0.4 is 0 Å². The lowest BCUT2D eigenvalue weighted by atomic mass is 10.1. The highest BCUT2D eigenvalue weighted by Gasteiger charge is 2.40. The Labute approximate surface area is 127 Å². The Morgan fingerprint density at radius 2 is 1.95 bits per heavy atom. The number of carboxylic acids is 1. The molecular weight excluding hydrogens is 292 g/mol. The largest absolute Gasteiger partial charge is 0.480 e. The number of hydrogen-bond donors (Lipinski definition) is 2. The van der Waals surface area contributed by atoms with Crippen LogP contribution in [0.3, 0.4) is 0 Å². The molecule has 7 heteroatoms. The monoisotopic (exact) mass is 308 g/mol.